The average molecular weight is 589 g/mol. The van der Waals surface area contributed by atoms with Crippen LogP contribution in [0, 0.1) is 17.6 Å². The molecule has 14 heteroatoms. The second-order valence-electron chi connectivity index (χ2n) is 10.2. The number of methoxy groups -OCH3 is 1. The number of rotatable bonds is 7. The first-order valence-corrected chi connectivity index (χ1v) is 13.6. The van der Waals surface area contributed by atoms with Gasteiger partial charge in [0, 0.05) is 44.5 Å². The highest BCUT2D eigenvalue weighted by Gasteiger charge is 2.35. The number of alkyl carbamates (subject to hydrolysis) is 1. The van der Waals surface area contributed by atoms with Gasteiger partial charge in [0.25, 0.3) is 5.91 Å². The van der Waals surface area contributed by atoms with Gasteiger partial charge in [0.2, 0.25) is 5.91 Å². The minimum absolute atomic E-state index is 0.0178. The van der Waals surface area contributed by atoms with E-state index >= 15 is 8.78 Å². The zero-order chi connectivity index (χ0) is 30.4. The van der Waals surface area contributed by atoms with Gasteiger partial charge in [-0.15, -0.1) is 0 Å². The Morgan fingerprint density at radius 3 is 2.52 bits per heavy atom. The van der Waals surface area contributed by atoms with Crippen molar-refractivity contribution in [1.82, 2.24) is 15.5 Å². The van der Waals surface area contributed by atoms with E-state index in [0.29, 0.717) is 5.92 Å². The summed E-state index contributed by atoms with van der Waals surface area (Å²) in [5, 5.41) is 5.09. The lowest BCUT2D eigenvalue weighted by molar-refractivity contribution is -0.135. The Bertz CT molecular complexity index is 1290. The molecule has 3 aliphatic rings. The van der Waals surface area contributed by atoms with Gasteiger partial charge in [-0.25, -0.2) is 18.4 Å². The fourth-order valence-corrected chi connectivity index (χ4v) is 4.80. The smallest absolute Gasteiger partial charge is 0.414 e. The molecule has 4 amide bonds. The lowest BCUT2D eigenvalue weighted by atomic mass is 10.1. The molecule has 2 N–H and O–H groups in total. The third-order valence-corrected chi connectivity index (χ3v) is 7.12. The minimum atomic E-state index is -0.870. The molecule has 0 radical (unpaired) electrons. The molecule has 3 heterocycles. The van der Waals surface area contributed by atoms with E-state index in [9.17, 15) is 19.2 Å². The molecule has 4 rings (SSSR count). The van der Waals surface area contributed by atoms with Gasteiger partial charge in [-0.05, 0) is 25.3 Å². The number of allylic oxidation sites excluding steroid dienone is 2. The first-order valence-electron chi connectivity index (χ1n) is 13.6. The van der Waals surface area contributed by atoms with Crippen molar-refractivity contribution in [1.29, 1.82) is 0 Å². The quantitative estimate of drug-likeness (QED) is 0.500. The van der Waals surface area contributed by atoms with E-state index in [4.69, 9.17) is 4.74 Å². The number of benzene rings is 1. The third kappa shape index (κ3) is 7.22. The summed E-state index contributed by atoms with van der Waals surface area (Å²) in [6.07, 6.45) is 5.53. The van der Waals surface area contributed by atoms with Gasteiger partial charge in [0.05, 0.1) is 25.9 Å². The normalized spacial score (nSPS) is 21.2. The number of hydrogen-bond acceptors (Lipinski definition) is 8. The summed E-state index contributed by atoms with van der Waals surface area (Å²) in [5.74, 6) is -2.21. The van der Waals surface area contributed by atoms with Crippen LogP contribution in [0.25, 0.3) is 0 Å². The minimum Gasteiger partial charge on any atom is -0.453 e. The summed E-state index contributed by atoms with van der Waals surface area (Å²) in [5.41, 5.74) is -0.0841. The maximum Gasteiger partial charge on any atom is 0.414 e. The van der Waals surface area contributed by atoms with Gasteiger partial charge in [0.1, 0.15) is 23.5 Å². The maximum absolute atomic E-state index is 15.2. The van der Waals surface area contributed by atoms with Crippen LogP contribution < -0.4 is 20.4 Å². The van der Waals surface area contributed by atoms with Crippen LogP contribution in [-0.2, 0) is 19.1 Å². The zero-order valence-electron chi connectivity index (χ0n) is 23.6. The Morgan fingerprint density at radius 2 is 1.86 bits per heavy atom. The molecule has 2 fully saturated rings. The van der Waals surface area contributed by atoms with Gasteiger partial charge < -0.3 is 29.9 Å². The highest BCUT2D eigenvalue weighted by Crippen LogP contribution is 2.31. The number of hydrogen-bond donors (Lipinski definition) is 2. The molecule has 0 spiro atoms. The highest BCUT2D eigenvalue weighted by atomic mass is 19.1. The van der Waals surface area contributed by atoms with Crippen LogP contribution in [-0.4, -0.2) is 93.1 Å². The largest absolute Gasteiger partial charge is 0.453 e. The number of nitrogens with one attached hydrogen (secondary N) is 2. The summed E-state index contributed by atoms with van der Waals surface area (Å²) in [6, 6.07) is 1.27. The summed E-state index contributed by atoms with van der Waals surface area (Å²) in [7, 11) is 1.19. The topological polar surface area (TPSA) is 133 Å². The predicted molar refractivity (Wildman–Crippen MR) is 150 cm³/mol. The van der Waals surface area contributed by atoms with Crippen molar-refractivity contribution < 1.29 is 37.4 Å². The third-order valence-electron chi connectivity index (χ3n) is 7.12. The van der Waals surface area contributed by atoms with Gasteiger partial charge in [-0.1, -0.05) is 19.1 Å². The summed E-state index contributed by atoms with van der Waals surface area (Å²) in [6.45, 7) is 4.27. The lowest BCUT2D eigenvalue weighted by Gasteiger charge is -2.37. The molecule has 3 atom stereocenters. The number of piperazine rings is 1. The van der Waals surface area contributed by atoms with Gasteiger partial charge >= 0.3 is 12.2 Å². The Morgan fingerprint density at radius 1 is 1.17 bits per heavy atom. The summed E-state index contributed by atoms with van der Waals surface area (Å²) >= 11 is 0. The molecule has 1 aromatic rings. The zero-order valence-corrected chi connectivity index (χ0v) is 23.6. The lowest BCUT2D eigenvalue weighted by Crippen LogP contribution is -2.55. The van der Waals surface area contributed by atoms with Crippen molar-refractivity contribution in [2.45, 2.75) is 32.4 Å². The molecule has 0 aromatic heterocycles. The summed E-state index contributed by atoms with van der Waals surface area (Å²) in [4.78, 5) is 57.5. The average Bonchev–Trinajstić information content (AvgIpc) is 3.33. The Balaban J connectivity index is 1.33. The number of carbonyl (C=O) groups excluding carboxylic acids is 4. The Kier molecular flexibility index (Phi) is 9.76. The molecule has 3 aliphatic heterocycles. The number of halogens is 2. The fraction of sp³-hybridized carbons (Fsp3) is 0.464. The standard InChI is InChI=1S/C28H34F2N6O6/c1-17-5-4-6-23(31-8-7-17)25(37)33-18(2)26(38)35-11-9-34(10-12-35)24-21(29)13-19(14-22(24)30)36-16-20(42-28(36)40)15-32-27(39)41-3/h4,6-8,13-14,17-18,20H,5,9-12,15-16H2,1-3H3,(H,32,39)(H,33,37). The van der Waals surface area contributed by atoms with Crippen LogP contribution in [0.3, 0.4) is 0 Å². The number of carbonyl (C=O) groups is 4. The SMILES string of the molecule is COC(=O)NCC1CN(c2cc(F)c(N3CCN(C(=O)C(C)NC(=O)C4=NC=CC(C)CC=C4)CC3)c(F)c2)C(=O)O1. The number of nitrogens with zero attached hydrogens (tertiary/aromatic N) is 4. The van der Waals surface area contributed by atoms with E-state index in [1.807, 2.05) is 19.1 Å². The molecular weight excluding hydrogens is 554 g/mol. The van der Waals surface area contributed by atoms with Crippen LogP contribution in [0.2, 0.25) is 0 Å². The first-order chi connectivity index (χ1) is 20.1. The molecule has 1 aromatic carbocycles. The predicted octanol–water partition coefficient (Wildman–Crippen LogP) is 2.35. The molecule has 12 nitrogen and oxygen atoms in total. The fourth-order valence-electron chi connectivity index (χ4n) is 4.80. The molecular formula is C28H34F2N6O6. The van der Waals surface area contributed by atoms with Crippen molar-refractivity contribution in [2.75, 3.05) is 56.2 Å². The molecule has 0 saturated carbocycles. The molecule has 42 heavy (non-hydrogen) atoms. The van der Waals surface area contributed by atoms with Crippen molar-refractivity contribution in [2.24, 2.45) is 10.9 Å². The van der Waals surface area contributed by atoms with E-state index < -0.39 is 41.9 Å². The number of ether oxygens (including phenoxy) is 2. The van der Waals surface area contributed by atoms with E-state index in [2.05, 4.69) is 20.4 Å². The van der Waals surface area contributed by atoms with Crippen LogP contribution >= 0.6 is 0 Å². The Hall–Kier alpha value is -4.49. The van der Waals surface area contributed by atoms with Crippen LogP contribution in [0.4, 0.5) is 29.7 Å². The van der Waals surface area contributed by atoms with E-state index in [0.717, 1.165) is 23.5 Å². The number of amides is 4. The van der Waals surface area contributed by atoms with Crippen molar-refractivity contribution >= 4 is 41.1 Å². The second-order valence-corrected chi connectivity index (χ2v) is 10.2. The number of aliphatic imine (C=N–C) groups is 1. The number of anilines is 2. The molecule has 0 aliphatic carbocycles. The first kappa shape index (κ1) is 30.5. The van der Waals surface area contributed by atoms with Gasteiger partial charge in [0.15, 0.2) is 11.6 Å². The molecule has 3 unspecified atom stereocenters. The summed E-state index contributed by atoms with van der Waals surface area (Å²) < 4.78 is 40.0. The van der Waals surface area contributed by atoms with E-state index in [1.54, 1.807) is 19.2 Å². The highest BCUT2D eigenvalue weighted by molar-refractivity contribution is 6.43. The van der Waals surface area contributed by atoms with Crippen LogP contribution in [0.5, 0.6) is 0 Å². The van der Waals surface area contributed by atoms with Gasteiger partial charge in [-0.2, -0.15) is 0 Å². The van der Waals surface area contributed by atoms with Crippen molar-refractivity contribution in [3.05, 3.63) is 48.2 Å². The molecule has 226 valence electrons. The van der Waals surface area contributed by atoms with Crippen molar-refractivity contribution in [3.63, 3.8) is 0 Å². The van der Waals surface area contributed by atoms with E-state index in [-0.39, 0.29) is 62.3 Å². The van der Waals surface area contributed by atoms with Crippen molar-refractivity contribution in [3.8, 4) is 0 Å². The monoisotopic (exact) mass is 588 g/mol. The van der Waals surface area contributed by atoms with E-state index in [1.165, 1.54) is 16.9 Å². The van der Waals surface area contributed by atoms with Crippen LogP contribution in [0.15, 0.2) is 41.6 Å². The Labute approximate surface area is 242 Å². The van der Waals surface area contributed by atoms with Crippen LogP contribution in [0.1, 0.15) is 20.3 Å². The molecule has 2 saturated heterocycles. The number of cyclic esters (lactones) is 1. The van der Waals surface area contributed by atoms with Gasteiger partial charge in [-0.3, -0.25) is 19.5 Å². The molecule has 0 bridgehead atoms. The second kappa shape index (κ2) is 13.4. The maximum atomic E-state index is 15.2.